The monoisotopic (exact) mass is 383 g/mol. The Morgan fingerprint density at radius 2 is 1.86 bits per heavy atom. The number of aryl methyl sites for hydroxylation is 1. The van der Waals surface area contributed by atoms with Gasteiger partial charge in [0, 0.05) is 37.7 Å². The number of nitrogens with zero attached hydrogens (tertiary/aromatic N) is 4. The Balaban J connectivity index is 1.73. The summed E-state index contributed by atoms with van der Waals surface area (Å²) in [6, 6.07) is 8.32. The summed E-state index contributed by atoms with van der Waals surface area (Å²) in [5.41, 5.74) is 1.71. The van der Waals surface area contributed by atoms with Crippen molar-refractivity contribution in [1.29, 1.82) is 0 Å². The number of hydrogen-bond donors (Lipinski definition) is 1. The molecule has 3 aromatic rings. The van der Waals surface area contributed by atoms with Crippen LogP contribution in [0.25, 0.3) is 0 Å². The average molecular weight is 383 g/mol. The number of pyridine rings is 1. The zero-order valence-corrected chi connectivity index (χ0v) is 15.5. The lowest BCUT2D eigenvalue weighted by molar-refractivity contribution is 0.102. The van der Waals surface area contributed by atoms with Gasteiger partial charge in [0.25, 0.3) is 5.91 Å². The fourth-order valence-corrected chi connectivity index (χ4v) is 2.56. The third kappa shape index (κ3) is 4.85. The molecule has 1 N–H and O–H groups in total. The van der Waals surface area contributed by atoms with Gasteiger partial charge in [-0.05, 0) is 49.2 Å². The lowest BCUT2D eigenvalue weighted by atomic mass is 10.2. The molecular formula is C20H19F2N5O. The third-order valence-electron chi connectivity index (χ3n) is 4.08. The van der Waals surface area contributed by atoms with E-state index in [4.69, 9.17) is 0 Å². The van der Waals surface area contributed by atoms with Crippen molar-refractivity contribution in [3.8, 4) is 0 Å². The van der Waals surface area contributed by atoms with Crippen molar-refractivity contribution in [2.75, 3.05) is 23.8 Å². The second kappa shape index (κ2) is 8.51. The van der Waals surface area contributed by atoms with Gasteiger partial charge < -0.3 is 10.2 Å². The summed E-state index contributed by atoms with van der Waals surface area (Å²) in [5, 5.41) is 2.41. The Bertz CT molecular complexity index is 982. The first-order valence-electron chi connectivity index (χ1n) is 8.64. The fourth-order valence-electron chi connectivity index (χ4n) is 2.56. The van der Waals surface area contributed by atoms with Gasteiger partial charge in [0.2, 0.25) is 5.95 Å². The van der Waals surface area contributed by atoms with Gasteiger partial charge in [-0.1, -0.05) is 0 Å². The first-order valence-corrected chi connectivity index (χ1v) is 8.64. The summed E-state index contributed by atoms with van der Waals surface area (Å²) in [7, 11) is 1.83. The van der Waals surface area contributed by atoms with Crippen LogP contribution < -0.4 is 10.2 Å². The molecule has 2 heterocycles. The molecule has 0 bridgehead atoms. The van der Waals surface area contributed by atoms with Crippen LogP contribution in [0.2, 0.25) is 0 Å². The summed E-state index contributed by atoms with van der Waals surface area (Å²) >= 11 is 0. The van der Waals surface area contributed by atoms with E-state index in [1.54, 1.807) is 19.3 Å². The second-order valence-corrected chi connectivity index (χ2v) is 6.30. The minimum absolute atomic E-state index is 0.0991. The van der Waals surface area contributed by atoms with Crippen LogP contribution in [0.15, 0.2) is 48.8 Å². The molecule has 0 saturated heterocycles. The average Bonchev–Trinajstić information content (AvgIpc) is 2.68. The topological polar surface area (TPSA) is 71.0 Å². The Kier molecular flexibility index (Phi) is 5.88. The van der Waals surface area contributed by atoms with Crippen LogP contribution in [-0.4, -0.2) is 34.5 Å². The third-order valence-corrected chi connectivity index (χ3v) is 4.08. The number of aromatic nitrogens is 3. The zero-order valence-electron chi connectivity index (χ0n) is 15.5. The maximum atomic E-state index is 13.8. The fraction of sp³-hybridized carbons (Fsp3) is 0.200. The molecule has 3 rings (SSSR count). The molecule has 0 unspecified atom stereocenters. The lowest BCUT2D eigenvalue weighted by Gasteiger charge is -2.18. The number of anilines is 2. The van der Waals surface area contributed by atoms with Crippen molar-refractivity contribution in [2.24, 2.45) is 0 Å². The molecule has 0 fully saturated rings. The summed E-state index contributed by atoms with van der Waals surface area (Å²) in [5.74, 6) is -1.78. The van der Waals surface area contributed by atoms with Gasteiger partial charge in [-0.2, -0.15) is 0 Å². The van der Waals surface area contributed by atoms with Gasteiger partial charge >= 0.3 is 0 Å². The Hall–Kier alpha value is -3.42. The van der Waals surface area contributed by atoms with Crippen LogP contribution in [0.5, 0.6) is 0 Å². The maximum absolute atomic E-state index is 13.8. The van der Waals surface area contributed by atoms with Gasteiger partial charge in [0.15, 0.2) is 0 Å². The van der Waals surface area contributed by atoms with E-state index in [1.165, 1.54) is 12.1 Å². The largest absolute Gasteiger partial charge is 0.344 e. The van der Waals surface area contributed by atoms with Crippen LogP contribution in [0.1, 0.15) is 21.7 Å². The van der Waals surface area contributed by atoms with Crippen molar-refractivity contribution >= 4 is 17.5 Å². The number of carbonyl (C=O) groups is 1. The minimum atomic E-state index is -0.853. The SMILES string of the molecule is Cc1cc(C(=O)Nc2ccc(F)cc2F)nc(N(C)CCc2ccncc2)n1. The van der Waals surface area contributed by atoms with E-state index in [9.17, 15) is 13.6 Å². The number of amides is 1. The molecule has 1 amide bonds. The van der Waals surface area contributed by atoms with E-state index >= 15 is 0 Å². The highest BCUT2D eigenvalue weighted by atomic mass is 19.1. The molecule has 0 aliphatic rings. The number of hydrogen-bond acceptors (Lipinski definition) is 5. The van der Waals surface area contributed by atoms with Crippen LogP contribution in [0, 0.1) is 18.6 Å². The number of benzene rings is 1. The molecule has 6 nitrogen and oxygen atoms in total. The zero-order chi connectivity index (χ0) is 20.1. The molecule has 0 saturated carbocycles. The molecule has 0 spiro atoms. The quantitative estimate of drug-likeness (QED) is 0.707. The van der Waals surface area contributed by atoms with E-state index in [0.717, 1.165) is 18.1 Å². The molecule has 0 radical (unpaired) electrons. The van der Waals surface area contributed by atoms with E-state index in [2.05, 4.69) is 20.3 Å². The molecular weight excluding hydrogens is 364 g/mol. The summed E-state index contributed by atoms with van der Waals surface area (Å²) in [6.07, 6.45) is 4.23. The highest BCUT2D eigenvalue weighted by Crippen LogP contribution is 2.17. The first kappa shape index (κ1) is 19.3. The number of nitrogens with one attached hydrogen (secondary N) is 1. The standard InChI is InChI=1S/C20H19F2N5O/c1-13-11-18(19(28)25-17-4-3-15(21)12-16(17)22)26-20(24-13)27(2)10-7-14-5-8-23-9-6-14/h3-6,8-9,11-12H,7,10H2,1-2H3,(H,25,28). The normalized spacial score (nSPS) is 10.6. The van der Waals surface area contributed by atoms with Crippen LogP contribution >= 0.6 is 0 Å². The number of halogens is 2. The second-order valence-electron chi connectivity index (χ2n) is 6.30. The van der Waals surface area contributed by atoms with Crippen molar-refractivity contribution in [2.45, 2.75) is 13.3 Å². The predicted molar refractivity (Wildman–Crippen MR) is 102 cm³/mol. The molecule has 2 aromatic heterocycles. The smallest absolute Gasteiger partial charge is 0.274 e. The van der Waals surface area contributed by atoms with Crippen LogP contribution in [0.4, 0.5) is 20.4 Å². The predicted octanol–water partition coefficient (Wildman–Crippen LogP) is 3.39. The van der Waals surface area contributed by atoms with E-state index in [0.29, 0.717) is 24.3 Å². The van der Waals surface area contributed by atoms with Gasteiger partial charge in [-0.3, -0.25) is 9.78 Å². The van der Waals surface area contributed by atoms with E-state index < -0.39 is 17.5 Å². The first-order chi connectivity index (χ1) is 13.4. The molecule has 1 aromatic carbocycles. The van der Waals surface area contributed by atoms with E-state index in [-0.39, 0.29) is 11.4 Å². The number of carbonyl (C=O) groups excluding carboxylic acids is 1. The van der Waals surface area contributed by atoms with Gasteiger partial charge in [-0.25, -0.2) is 18.7 Å². The number of rotatable bonds is 6. The van der Waals surface area contributed by atoms with Crippen molar-refractivity contribution in [1.82, 2.24) is 15.0 Å². The van der Waals surface area contributed by atoms with Gasteiger partial charge in [-0.15, -0.1) is 0 Å². The summed E-state index contributed by atoms with van der Waals surface area (Å²) < 4.78 is 26.8. The molecule has 0 aliphatic carbocycles. The highest BCUT2D eigenvalue weighted by Gasteiger charge is 2.15. The number of likely N-dealkylation sites (N-methyl/N-ethyl adjacent to an activating group) is 1. The van der Waals surface area contributed by atoms with Crippen molar-refractivity contribution in [3.63, 3.8) is 0 Å². The summed E-state index contributed by atoms with van der Waals surface area (Å²) in [4.78, 5) is 26.9. The lowest BCUT2D eigenvalue weighted by Crippen LogP contribution is -2.25. The molecule has 144 valence electrons. The van der Waals surface area contributed by atoms with E-state index in [1.807, 2.05) is 24.1 Å². The Morgan fingerprint density at radius 3 is 2.57 bits per heavy atom. The van der Waals surface area contributed by atoms with Gasteiger partial charge in [0.05, 0.1) is 5.69 Å². The van der Waals surface area contributed by atoms with Crippen molar-refractivity contribution in [3.05, 3.63) is 77.4 Å². The minimum Gasteiger partial charge on any atom is -0.344 e. The Labute approximate surface area is 161 Å². The highest BCUT2D eigenvalue weighted by molar-refractivity contribution is 6.03. The van der Waals surface area contributed by atoms with Gasteiger partial charge in [0.1, 0.15) is 17.3 Å². The molecule has 0 atom stereocenters. The maximum Gasteiger partial charge on any atom is 0.274 e. The summed E-state index contributed by atoms with van der Waals surface area (Å²) in [6.45, 7) is 2.39. The molecule has 28 heavy (non-hydrogen) atoms. The molecule has 8 heteroatoms. The van der Waals surface area contributed by atoms with Crippen LogP contribution in [0.3, 0.4) is 0 Å². The Morgan fingerprint density at radius 1 is 1.11 bits per heavy atom. The molecule has 0 aliphatic heterocycles. The van der Waals surface area contributed by atoms with Crippen molar-refractivity contribution < 1.29 is 13.6 Å². The van der Waals surface area contributed by atoms with Crippen LogP contribution in [-0.2, 0) is 6.42 Å².